The molecule has 2 rings (SSSR count). The average molecular weight is 271 g/mol. The molecule has 1 N–H and O–H groups in total. The summed E-state index contributed by atoms with van der Waals surface area (Å²) in [7, 11) is 1.52. The monoisotopic (exact) mass is 271 g/mol. The molecule has 0 amide bonds. The Kier molecular flexibility index (Phi) is 4.39. The number of ether oxygens (including phenoxy) is 2. The minimum absolute atomic E-state index is 0.0920. The van der Waals surface area contributed by atoms with Gasteiger partial charge in [0.1, 0.15) is 18.1 Å². The van der Waals surface area contributed by atoms with Gasteiger partial charge in [0, 0.05) is 12.4 Å². The number of nitrogens with one attached hydrogen (secondary N) is 1. The van der Waals surface area contributed by atoms with Crippen LogP contribution in [0.15, 0.2) is 42.9 Å². The van der Waals surface area contributed by atoms with Gasteiger partial charge in [0.2, 0.25) is 0 Å². The van der Waals surface area contributed by atoms with E-state index in [1.807, 2.05) is 0 Å². The number of rotatable bonds is 5. The molecule has 0 spiro atoms. The second-order valence-electron chi connectivity index (χ2n) is 3.88. The zero-order valence-corrected chi connectivity index (χ0v) is 10.9. The lowest BCUT2D eigenvalue weighted by Crippen LogP contribution is -2.15. The zero-order chi connectivity index (χ0) is 14.4. The molecule has 0 unspecified atom stereocenters. The van der Waals surface area contributed by atoms with Crippen LogP contribution in [0.3, 0.4) is 0 Å². The van der Waals surface area contributed by atoms with E-state index in [9.17, 15) is 4.79 Å². The minimum atomic E-state index is -0.516. The summed E-state index contributed by atoms with van der Waals surface area (Å²) in [5.41, 5.74) is 0.844. The fourth-order valence-corrected chi connectivity index (χ4v) is 1.50. The highest BCUT2D eigenvalue weighted by Gasteiger charge is 2.11. The van der Waals surface area contributed by atoms with Gasteiger partial charge in [0.15, 0.2) is 0 Å². The molecule has 1 aromatic heterocycles. The lowest BCUT2D eigenvalue weighted by molar-refractivity contribution is 0.0563. The third-order valence-corrected chi connectivity index (χ3v) is 2.53. The predicted octanol–water partition coefficient (Wildman–Crippen LogP) is 1.71. The Balaban J connectivity index is 1.97. The second-order valence-corrected chi connectivity index (χ2v) is 3.88. The van der Waals surface area contributed by atoms with Crippen molar-refractivity contribution in [3.05, 3.63) is 54.1 Å². The van der Waals surface area contributed by atoms with Crippen molar-refractivity contribution in [2.45, 2.75) is 0 Å². The smallest absolute Gasteiger partial charge is 0.338 e. The standard InChI is InChI=1S/C14H13N3O3/c1-19-11-4-2-3-10(7-11)14(18)20-9-12(15)13-8-16-5-6-17-13/h2-8,15H,9H2,1H3. The van der Waals surface area contributed by atoms with Crippen LogP contribution < -0.4 is 4.74 Å². The van der Waals surface area contributed by atoms with Crippen LogP contribution in [0.2, 0.25) is 0 Å². The number of hydrogen-bond donors (Lipinski definition) is 1. The first kappa shape index (κ1) is 13.7. The summed E-state index contributed by atoms with van der Waals surface area (Å²) in [6, 6.07) is 6.63. The molecule has 0 aliphatic carbocycles. The maximum absolute atomic E-state index is 11.8. The van der Waals surface area contributed by atoms with Crippen molar-refractivity contribution in [2.24, 2.45) is 0 Å². The van der Waals surface area contributed by atoms with E-state index in [4.69, 9.17) is 14.9 Å². The molecule has 0 aliphatic rings. The number of aromatic nitrogens is 2. The van der Waals surface area contributed by atoms with Crippen molar-refractivity contribution in [3.63, 3.8) is 0 Å². The van der Waals surface area contributed by atoms with Crippen molar-refractivity contribution in [1.29, 1.82) is 5.41 Å². The Bertz CT molecular complexity index is 614. The number of carbonyl (C=O) groups is 1. The van der Waals surface area contributed by atoms with Crippen LogP contribution in [0.5, 0.6) is 5.75 Å². The van der Waals surface area contributed by atoms with Crippen molar-refractivity contribution < 1.29 is 14.3 Å². The van der Waals surface area contributed by atoms with Crippen LogP contribution >= 0.6 is 0 Å². The lowest BCUT2D eigenvalue weighted by Gasteiger charge is -2.06. The molecule has 1 heterocycles. The van der Waals surface area contributed by atoms with E-state index in [-0.39, 0.29) is 12.3 Å². The second kappa shape index (κ2) is 6.42. The van der Waals surface area contributed by atoms with E-state index in [1.165, 1.54) is 25.7 Å². The normalized spacial score (nSPS) is 9.85. The van der Waals surface area contributed by atoms with Crippen LogP contribution in [-0.4, -0.2) is 35.4 Å². The third kappa shape index (κ3) is 3.38. The summed E-state index contributed by atoms with van der Waals surface area (Å²) in [6.07, 6.45) is 4.44. The Labute approximate surface area is 115 Å². The fourth-order valence-electron chi connectivity index (χ4n) is 1.50. The Morgan fingerprint density at radius 1 is 1.35 bits per heavy atom. The summed E-state index contributed by atoms with van der Waals surface area (Å²) in [6.45, 7) is -0.158. The number of nitrogens with zero attached hydrogens (tertiary/aromatic N) is 2. The number of carbonyl (C=O) groups excluding carboxylic acids is 1. The molecule has 102 valence electrons. The predicted molar refractivity (Wildman–Crippen MR) is 72.1 cm³/mol. The van der Waals surface area contributed by atoms with Crippen molar-refractivity contribution in [2.75, 3.05) is 13.7 Å². The highest BCUT2D eigenvalue weighted by atomic mass is 16.5. The van der Waals surface area contributed by atoms with Gasteiger partial charge in [-0.3, -0.25) is 15.4 Å². The Morgan fingerprint density at radius 3 is 2.90 bits per heavy atom. The van der Waals surface area contributed by atoms with Gasteiger partial charge in [-0.1, -0.05) is 6.07 Å². The van der Waals surface area contributed by atoms with Gasteiger partial charge >= 0.3 is 5.97 Å². The quantitative estimate of drug-likeness (QED) is 0.661. The van der Waals surface area contributed by atoms with Crippen LogP contribution in [0.1, 0.15) is 16.1 Å². The van der Waals surface area contributed by atoms with Crippen molar-refractivity contribution in [3.8, 4) is 5.75 Å². The van der Waals surface area contributed by atoms with E-state index in [0.717, 1.165) is 0 Å². The summed E-state index contributed by atoms with van der Waals surface area (Å²) in [5, 5.41) is 7.76. The van der Waals surface area contributed by atoms with E-state index < -0.39 is 5.97 Å². The summed E-state index contributed by atoms with van der Waals surface area (Å²) < 4.78 is 10.1. The van der Waals surface area contributed by atoms with Gasteiger partial charge in [0.05, 0.1) is 24.6 Å². The first-order valence-corrected chi connectivity index (χ1v) is 5.85. The first-order chi connectivity index (χ1) is 9.70. The van der Waals surface area contributed by atoms with Crippen LogP contribution in [-0.2, 0) is 4.74 Å². The third-order valence-electron chi connectivity index (χ3n) is 2.53. The molecular weight excluding hydrogens is 258 g/mol. The molecule has 0 fully saturated rings. The topological polar surface area (TPSA) is 85.2 Å². The fraction of sp³-hybridized carbons (Fsp3) is 0.143. The Morgan fingerprint density at radius 2 is 2.20 bits per heavy atom. The maximum Gasteiger partial charge on any atom is 0.338 e. The molecular formula is C14H13N3O3. The summed E-state index contributed by atoms with van der Waals surface area (Å²) in [4.78, 5) is 19.6. The first-order valence-electron chi connectivity index (χ1n) is 5.85. The largest absolute Gasteiger partial charge is 0.497 e. The molecule has 0 atom stereocenters. The number of hydrogen-bond acceptors (Lipinski definition) is 6. The van der Waals surface area contributed by atoms with E-state index in [2.05, 4.69) is 9.97 Å². The molecule has 0 radical (unpaired) electrons. The molecule has 6 nitrogen and oxygen atoms in total. The number of methoxy groups -OCH3 is 1. The molecule has 0 bridgehead atoms. The van der Waals surface area contributed by atoms with E-state index >= 15 is 0 Å². The number of benzene rings is 1. The molecule has 0 aliphatic heterocycles. The summed E-state index contributed by atoms with van der Waals surface area (Å²) in [5.74, 6) is 0.0565. The van der Waals surface area contributed by atoms with E-state index in [1.54, 1.807) is 24.3 Å². The van der Waals surface area contributed by atoms with Gasteiger partial charge in [-0.2, -0.15) is 0 Å². The minimum Gasteiger partial charge on any atom is -0.497 e. The molecule has 20 heavy (non-hydrogen) atoms. The Hall–Kier alpha value is -2.76. The number of esters is 1. The van der Waals surface area contributed by atoms with E-state index in [0.29, 0.717) is 17.0 Å². The average Bonchev–Trinajstić information content (AvgIpc) is 2.53. The lowest BCUT2D eigenvalue weighted by atomic mass is 10.2. The molecule has 0 saturated carbocycles. The highest BCUT2D eigenvalue weighted by molar-refractivity contribution is 5.99. The zero-order valence-electron chi connectivity index (χ0n) is 10.9. The molecule has 1 aromatic carbocycles. The van der Waals surface area contributed by atoms with Crippen LogP contribution in [0.4, 0.5) is 0 Å². The van der Waals surface area contributed by atoms with Gasteiger partial charge in [-0.25, -0.2) is 4.79 Å². The SMILES string of the molecule is COc1cccc(C(=O)OCC(=N)c2cnccn2)c1. The van der Waals surface area contributed by atoms with Crippen LogP contribution in [0, 0.1) is 5.41 Å². The summed E-state index contributed by atoms with van der Waals surface area (Å²) >= 11 is 0. The van der Waals surface area contributed by atoms with Gasteiger partial charge in [0.25, 0.3) is 0 Å². The van der Waals surface area contributed by atoms with Crippen LogP contribution in [0.25, 0.3) is 0 Å². The van der Waals surface area contributed by atoms with Gasteiger partial charge in [-0.15, -0.1) is 0 Å². The van der Waals surface area contributed by atoms with Gasteiger partial charge in [-0.05, 0) is 18.2 Å². The maximum atomic E-state index is 11.8. The van der Waals surface area contributed by atoms with Crippen molar-refractivity contribution >= 4 is 11.7 Å². The molecule has 0 saturated heterocycles. The van der Waals surface area contributed by atoms with Gasteiger partial charge < -0.3 is 9.47 Å². The molecule has 2 aromatic rings. The molecule has 6 heteroatoms. The van der Waals surface area contributed by atoms with Crippen molar-refractivity contribution in [1.82, 2.24) is 9.97 Å². The highest BCUT2D eigenvalue weighted by Crippen LogP contribution is 2.13.